The van der Waals surface area contributed by atoms with Crippen LogP contribution in [0.25, 0.3) is 26.8 Å². The zero-order valence-electron chi connectivity index (χ0n) is 18.1. The van der Waals surface area contributed by atoms with Crippen molar-refractivity contribution in [2.45, 2.75) is 27.7 Å². The van der Waals surface area contributed by atoms with Gasteiger partial charge in [0.1, 0.15) is 10.6 Å². The second-order valence-electron chi connectivity index (χ2n) is 7.77. The van der Waals surface area contributed by atoms with Crippen LogP contribution >= 0.6 is 22.9 Å². The summed E-state index contributed by atoms with van der Waals surface area (Å²) >= 11 is 7.80. The molecule has 0 aliphatic rings. The molecule has 0 N–H and O–H groups in total. The van der Waals surface area contributed by atoms with Crippen LogP contribution in [0.4, 0.5) is 0 Å². The molecule has 0 radical (unpaired) electrons. The largest absolute Gasteiger partial charge is 0.425 e. The molecular weight excluding hydrogens is 442 g/mol. The molecule has 0 saturated heterocycles. The van der Waals surface area contributed by atoms with Gasteiger partial charge in [0.05, 0.1) is 22.3 Å². The second kappa shape index (κ2) is 7.73. The maximum Gasteiger partial charge on any atom is 0.310 e. The normalized spacial score (nSPS) is 11.4. The SMILES string of the molecule is Cc1cc(Oc2nc3c(c(C)nc4sc(C)c(C)c43)c(=O)n2-c2ccccc2)ccc1Cl. The van der Waals surface area contributed by atoms with Crippen LogP contribution in [-0.2, 0) is 0 Å². The van der Waals surface area contributed by atoms with Crippen LogP contribution < -0.4 is 10.3 Å². The quantitative estimate of drug-likeness (QED) is 0.301. The van der Waals surface area contributed by atoms with Gasteiger partial charge in [-0.2, -0.15) is 4.98 Å². The fraction of sp³-hybridized carbons (Fsp3) is 0.160. The molecule has 5 aromatic rings. The number of fused-ring (bicyclic) bond motifs is 3. The highest BCUT2D eigenvalue weighted by Crippen LogP contribution is 2.35. The first-order valence-corrected chi connectivity index (χ1v) is 11.4. The number of nitrogens with zero attached hydrogens (tertiary/aromatic N) is 3. The van der Waals surface area contributed by atoms with Gasteiger partial charge in [0.15, 0.2) is 0 Å². The number of aromatic nitrogens is 3. The van der Waals surface area contributed by atoms with Gasteiger partial charge in [-0.1, -0.05) is 29.8 Å². The molecule has 0 aliphatic heterocycles. The number of para-hydroxylation sites is 1. The van der Waals surface area contributed by atoms with Crippen LogP contribution in [0.1, 0.15) is 21.7 Å². The van der Waals surface area contributed by atoms with Crippen molar-refractivity contribution in [1.29, 1.82) is 0 Å². The van der Waals surface area contributed by atoms with Gasteiger partial charge in [-0.05, 0) is 69.2 Å². The Balaban J connectivity index is 1.88. The van der Waals surface area contributed by atoms with Crippen molar-refractivity contribution >= 4 is 44.1 Å². The van der Waals surface area contributed by atoms with Crippen LogP contribution in [0.3, 0.4) is 0 Å². The molecule has 0 amide bonds. The summed E-state index contributed by atoms with van der Waals surface area (Å²) in [5.74, 6) is 0.558. The number of aryl methyl sites for hydroxylation is 4. The Kier molecular flexibility index (Phi) is 4.99. The van der Waals surface area contributed by atoms with Crippen LogP contribution in [0.5, 0.6) is 11.8 Å². The van der Waals surface area contributed by atoms with E-state index in [0.717, 1.165) is 26.2 Å². The molecular formula is C25H20ClN3O2S. The number of ether oxygens (including phenoxy) is 1. The van der Waals surface area contributed by atoms with Gasteiger partial charge in [-0.15, -0.1) is 11.3 Å². The third-order valence-electron chi connectivity index (χ3n) is 5.64. The standard InChI is InChI=1S/C25H20ClN3O2S/c1-13-12-18(10-11-19(13)26)31-25-28-22-20-14(2)16(4)32-23(20)27-15(3)21(22)24(30)29(25)17-8-6-5-7-9-17/h5-12H,1-4H3. The van der Waals surface area contributed by atoms with E-state index in [0.29, 0.717) is 33.1 Å². The smallest absolute Gasteiger partial charge is 0.310 e. The first-order chi connectivity index (χ1) is 15.3. The molecule has 160 valence electrons. The molecule has 3 heterocycles. The van der Waals surface area contributed by atoms with E-state index < -0.39 is 0 Å². The predicted octanol–water partition coefficient (Wildman–Crippen LogP) is 6.67. The number of hydrogen-bond donors (Lipinski definition) is 0. The minimum atomic E-state index is -0.211. The van der Waals surface area contributed by atoms with Crippen molar-refractivity contribution in [3.8, 4) is 17.4 Å². The lowest BCUT2D eigenvalue weighted by Crippen LogP contribution is -2.22. The minimum absolute atomic E-state index is 0.200. The van der Waals surface area contributed by atoms with E-state index in [1.807, 2.05) is 57.2 Å². The number of hydrogen-bond acceptors (Lipinski definition) is 5. The number of thiophene rings is 1. The van der Waals surface area contributed by atoms with Crippen LogP contribution in [-0.4, -0.2) is 14.5 Å². The van der Waals surface area contributed by atoms with E-state index >= 15 is 0 Å². The van der Waals surface area contributed by atoms with Gasteiger partial charge in [0.2, 0.25) is 0 Å². The van der Waals surface area contributed by atoms with E-state index in [-0.39, 0.29) is 11.6 Å². The zero-order chi connectivity index (χ0) is 22.6. The summed E-state index contributed by atoms with van der Waals surface area (Å²) in [6, 6.07) is 15.0. The Bertz CT molecular complexity index is 1570. The molecule has 5 nitrogen and oxygen atoms in total. The average Bonchev–Trinajstić information content (AvgIpc) is 3.04. The van der Waals surface area contributed by atoms with Gasteiger partial charge in [-0.3, -0.25) is 4.79 Å². The molecule has 7 heteroatoms. The number of pyridine rings is 1. The fourth-order valence-electron chi connectivity index (χ4n) is 3.84. The Labute approximate surface area is 193 Å². The van der Waals surface area contributed by atoms with E-state index in [1.165, 1.54) is 4.57 Å². The van der Waals surface area contributed by atoms with Crippen molar-refractivity contribution in [2.24, 2.45) is 0 Å². The van der Waals surface area contributed by atoms with E-state index in [4.69, 9.17) is 26.3 Å². The first kappa shape index (κ1) is 20.7. The maximum absolute atomic E-state index is 13.8. The highest BCUT2D eigenvalue weighted by atomic mass is 35.5. The summed E-state index contributed by atoms with van der Waals surface area (Å²) in [7, 11) is 0. The maximum atomic E-state index is 13.8. The molecule has 5 rings (SSSR count). The lowest BCUT2D eigenvalue weighted by molar-refractivity contribution is 0.427. The monoisotopic (exact) mass is 461 g/mol. The highest BCUT2D eigenvalue weighted by Gasteiger charge is 2.21. The molecule has 0 atom stereocenters. The number of benzene rings is 2. The van der Waals surface area contributed by atoms with Gasteiger partial charge in [0.25, 0.3) is 5.56 Å². The van der Waals surface area contributed by atoms with E-state index in [1.54, 1.807) is 23.5 Å². The van der Waals surface area contributed by atoms with Crippen molar-refractivity contribution < 1.29 is 4.74 Å². The Hall–Kier alpha value is -3.22. The van der Waals surface area contributed by atoms with Crippen LogP contribution in [0.2, 0.25) is 5.02 Å². The van der Waals surface area contributed by atoms with Gasteiger partial charge >= 0.3 is 6.01 Å². The predicted molar refractivity (Wildman–Crippen MR) is 131 cm³/mol. The third-order valence-corrected chi connectivity index (χ3v) is 7.17. The zero-order valence-corrected chi connectivity index (χ0v) is 19.6. The summed E-state index contributed by atoms with van der Waals surface area (Å²) in [6.45, 7) is 7.86. The Morgan fingerprint density at radius 2 is 1.72 bits per heavy atom. The van der Waals surface area contributed by atoms with Crippen LogP contribution in [0.15, 0.2) is 53.3 Å². The number of halogens is 1. The summed E-state index contributed by atoms with van der Waals surface area (Å²) < 4.78 is 7.70. The van der Waals surface area contributed by atoms with Crippen molar-refractivity contribution in [3.05, 3.63) is 85.6 Å². The Morgan fingerprint density at radius 1 is 0.969 bits per heavy atom. The van der Waals surface area contributed by atoms with E-state index in [9.17, 15) is 4.79 Å². The Morgan fingerprint density at radius 3 is 2.44 bits per heavy atom. The fourth-order valence-corrected chi connectivity index (χ4v) is 5.04. The van der Waals surface area contributed by atoms with Gasteiger partial charge < -0.3 is 4.74 Å². The van der Waals surface area contributed by atoms with Gasteiger partial charge in [-0.25, -0.2) is 9.55 Å². The molecule has 32 heavy (non-hydrogen) atoms. The average molecular weight is 462 g/mol. The third kappa shape index (κ3) is 3.27. The molecule has 0 unspecified atom stereocenters. The van der Waals surface area contributed by atoms with Crippen molar-refractivity contribution in [3.63, 3.8) is 0 Å². The summed E-state index contributed by atoms with van der Waals surface area (Å²) in [5, 5.41) is 2.06. The lowest BCUT2D eigenvalue weighted by atomic mass is 10.1. The molecule has 0 spiro atoms. The lowest BCUT2D eigenvalue weighted by Gasteiger charge is -2.15. The van der Waals surface area contributed by atoms with E-state index in [2.05, 4.69) is 6.92 Å². The highest BCUT2D eigenvalue weighted by molar-refractivity contribution is 7.18. The molecule has 0 bridgehead atoms. The molecule has 2 aromatic carbocycles. The van der Waals surface area contributed by atoms with Crippen molar-refractivity contribution in [2.75, 3.05) is 0 Å². The summed E-state index contributed by atoms with van der Waals surface area (Å²) in [5.41, 5.74) is 3.70. The minimum Gasteiger partial charge on any atom is -0.425 e. The summed E-state index contributed by atoms with van der Waals surface area (Å²) in [6.07, 6.45) is 0. The van der Waals surface area contributed by atoms with Gasteiger partial charge in [0, 0.05) is 15.3 Å². The summed E-state index contributed by atoms with van der Waals surface area (Å²) in [4.78, 5) is 25.5. The molecule has 0 aliphatic carbocycles. The first-order valence-electron chi connectivity index (χ1n) is 10.2. The van der Waals surface area contributed by atoms with Crippen molar-refractivity contribution in [1.82, 2.24) is 14.5 Å². The number of rotatable bonds is 3. The second-order valence-corrected chi connectivity index (χ2v) is 9.38. The topological polar surface area (TPSA) is 57.0 Å². The molecule has 0 fully saturated rings. The molecule has 0 saturated carbocycles. The molecule has 3 aromatic heterocycles. The van der Waals surface area contributed by atoms with Crippen LogP contribution in [0, 0.1) is 27.7 Å².